The lowest BCUT2D eigenvalue weighted by molar-refractivity contribution is 0.0872. The number of carbonyl (C=O) groups excluding carboxylic acids is 1. The van der Waals surface area contributed by atoms with Gasteiger partial charge in [0.25, 0.3) is 5.91 Å². The topological polar surface area (TPSA) is 64.3 Å². The van der Waals surface area contributed by atoms with Crippen LogP contribution in [0.2, 0.25) is 5.02 Å². The van der Waals surface area contributed by atoms with E-state index in [9.17, 15) is 4.79 Å². The van der Waals surface area contributed by atoms with Gasteiger partial charge in [-0.3, -0.25) is 4.79 Å². The number of carbonyl (C=O) groups is 1. The molecule has 4 nitrogen and oxygen atoms in total. The first-order valence-electron chi connectivity index (χ1n) is 5.47. The summed E-state index contributed by atoms with van der Waals surface area (Å²) in [4.78, 5) is 11.8. The number of anilines is 1. The van der Waals surface area contributed by atoms with Crippen LogP contribution in [0.15, 0.2) is 18.2 Å². The molecule has 0 saturated heterocycles. The van der Waals surface area contributed by atoms with Gasteiger partial charge in [0.05, 0.1) is 6.61 Å². The molecule has 0 saturated carbocycles. The van der Waals surface area contributed by atoms with Crippen molar-refractivity contribution >= 4 is 23.2 Å². The zero-order chi connectivity index (χ0) is 12.8. The van der Waals surface area contributed by atoms with Crippen molar-refractivity contribution in [3.05, 3.63) is 28.8 Å². The summed E-state index contributed by atoms with van der Waals surface area (Å²) in [5.41, 5.74) is 6.55. The molecule has 0 aromatic heterocycles. The van der Waals surface area contributed by atoms with E-state index in [4.69, 9.17) is 22.1 Å². The van der Waals surface area contributed by atoms with Crippen LogP contribution in [0, 0.1) is 0 Å². The minimum atomic E-state index is -0.202. The van der Waals surface area contributed by atoms with E-state index >= 15 is 0 Å². The van der Waals surface area contributed by atoms with Gasteiger partial charge in [0.1, 0.15) is 0 Å². The van der Waals surface area contributed by atoms with E-state index in [2.05, 4.69) is 5.32 Å². The van der Waals surface area contributed by atoms with E-state index in [0.29, 0.717) is 29.5 Å². The van der Waals surface area contributed by atoms with Crippen molar-refractivity contribution in [3.63, 3.8) is 0 Å². The second-order valence-electron chi connectivity index (χ2n) is 3.81. The molecule has 1 aromatic carbocycles. The van der Waals surface area contributed by atoms with Gasteiger partial charge in [-0.2, -0.15) is 0 Å². The number of nitrogens with two attached hydrogens (primary N) is 1. The molecule has 0 aliphatic carbocycles. The summed E-state index contributed by atoms with van der Waals surface area (Å²) in [7, 11) is 0. The monoisotopic (exact) mass is 256 g/mol. The first kappa shape index (κ1) is 13.8. The summed E-state index contributed by atoms with van der Waals surface area (Å²) in [6.45, 7) is 4.90. The lowest BCUT2D eigenvalue weighted by Gasteiger charge is -2.14. The zero-order valence-corrected chi connectivity index (χ0v) is 10.8. The highest BCUT2D eigenvalue weighted by atomic mass is 35.5. The van der Waals surface area contributed by atoms with Gasteiger partial charge >= 0.3 is 0 Å². The molecule has 1 aromatic rings. The van der Waals surface area contributed by atoms with Crippen LogP contribution in [0.4, 0.5) is 5.69 Å². The van der Waals surface area contributed by atoms with E-state index in [-0.39, 0.29) is 11.9 Å². The molecule has 0 bridgehead atoms. The molecular formula is C12H17ClN2O2. The van der Waals surface area contributed by atoms with Gasteiger partial charge in [0.2, 0.25) is 0 Å². The molecule has 5 heteroatoms. The maximum Gasteiger partial charge on any atom is 0.251 e. The van der Waals surface area contributed by atoms with Crippen molar-refractivity contribution in [3.8, 4) is 0 Å². The number of nitrogens with one attached hydrogen (secondary N) is 1. The lowest BCUT2D eigenvalue weighted by atomic mass is 10.2. The predicted octanol–water partition coefficient (Wildman–Crippen LogP) is 2.08. The van der Waals surface area contributed by atoms with Crippen LogP contribution in [0.25, 0.3) is 0 Å². The van der Waals surface area contributed by atoms with Crippen molar-refractivity contribution in [1.82, 2.24) is 5.32 Å². The van der Waals surface area contributed by atoms with Gasteiger partial charge in [0.15, 0.2) is 0 Å². The van der Waals surface area contributed by atoms with Crippen LogP contribution < -0.4 is 11.1 Å². The van der Waals surface area contributed by atoms with Crippen LogP contribution >= 0.6 is 11.6 Å². The molecule has 0 spiro atoms. The van der Waals surface area contributed by atoms with Gasteiger partial charge < -0.3 is 15.8 Å². The maximum absolute atomic E-state index is 11.8. The molecule has 1 rings (SSSR count). The van der Waals surface area contributed by atoms with Crippen LogP contribution in [-0.4, -0.2) is 25.2 Å². The quantitative estimate of drug-likeness (QED) is 0.793. The van der Waals surface area contributed by atoms with Crippen LogP contribution in [0.5, 0.6) is 0 Å². The van der Waals surface area contributed by atoms with Crippen molar-refractivity contribution < 1.29 is 9.53 Å². The van der Waals surface area contributed by atoms with E-state index in [1.165, 1.54) is 0 Å². The molecular weight excluding hydrogens is 240 g/mol. The zero-order valence-electron chi connectivity index (χ0n) is 10.00. The Morgan fingerprint density at radius 1 is 1.53 bits per heavy atom. The highest BCUT2D eigenvalue weighted by Crippen LogP contribution is 2.16. The molecule has 17 heavy (non-hydrogen) atoms. The van der Waals surface area contributed by atoms with E-state index in [1.807, 2.05) is 13.8 Å². The number of hydrogen-bond acceptors (Lipinski definition) is 3. The lowest BCUT2D eigenvalue weighted by Crippen LogP contribution is -2.35. The Bertz CT molecular complexity index is 376. The Balaban J connectivity index is 2.63. The third kappa shape index (κ3) is 4.63. The maximum atomic E-state index is 11.8. The summed E-state index contributed by atoms with van der Waals surface area (Å²) in [6, 6.07) is 4.72. The first-order chi connectivity index (χ1) is 8.02. The van der Waals surface area contributed by atoms with Crippen LogP contribution in [0.3, 0.4) is 0 Å². The summed E-state index contributed by atoms with van der Waals surface area (Å²) in [6.07, 6.45) is 0. The Morgan fingerprint density at radius 2 is 2.24 bits per heavy atom. The first-order valence-corrected chi connectivity index (χ1v) is 5.85. The number of rotatable bonds is 5. The van der Waals surface area contributed by atoms with Crippen molar-refractivity contribution in [2.75, 3.05) is 18.9 Å². The van der Waals surface area contributed by atoms with Crippen LogP contribution in [-0.2, 0) is 4.74 Å². The Morgan fingerprint density at radius 3 is 2.82 bits per heavy atom. The number of nitrogen functional groups attached to an aromatic ring is 1. The predicted molar refractivity (Wildman–Crippen MR) is 69.3 cm³/mol. The molecule has 0 fully saturated rings. The van der Waals surface area contributed by atoms with Gasteiger partial charge in [-0.15, -0.1) is 0 Å². The molecule has 1 amide bonds. The summed E-state index contributed by atoms with van der Waals surface area (Å²) in [5.74, 6) is -0.202. The van der Waals surface area contributed by atoms with Crippen molar-refractivity contribution in [2.45, 2.75) is 19.9 Å². The minimum Gasteiger partial charge on any atom is -0.399 e. The van der Waals surface area contributed by atoms with E-state index < -0.39 is 0 Å². The normalized spacial score (nSPS) is 12.2. The molecule has 0 radical (unpaired) electrons. The fraction of sp³-hybridized carbons (Fsp3) is 0.417. The number of hydrogen-bond donors (Lipinski definition) is 2. The molecule has 1 atom stereocenters. The molecule has 0 aliphatic heterocycles. The molecule has 0 aliphatic rings. The Labute approximate surface area is 106 Å². The smallest absolute Gasteiger partial charge is 0.251 e. The van der Waals surface area contributed by atoms with Gasteiger partial charge in [0, 0.05) is 28.9 Å². The molecule has 3 N–H and O–H groups in total. The van der Waals surface area contributed by atoms with Crippen molar-refractivity contribution in [2.24, 2.45) is 0 Å². The fourth-order valence-electron chi connectivity index (χ4n) is 1.39. The molecule has 0 heterocycles. The second kappa shape index (κ2) is 6.47. The standard InChI is InChI=1S/C12H17ClN2O2/c1-3-17-7-8(2)15-12(16)9-4-10(13)6-11(14)5-9/h4-6,8H,3,7,14H2,1-2H3,(H,15,16). The third-order valence-corrected chi connectivity index (χ3v) is 2.35. The number of halogens is 1. The summed E-state index contributed by atoms with van der Waals surface area (Å²) < 4.78 is 5.21. The highest BCUT2D eigenvalue weighted by molar-refractivity contribution is 6.31. The highest BCUT2D eigenvalue weighted by Gasteiger charge is 2.10. The molecule has 94 valence electrons. The summed E-state index contributed by atoms with van der Waals surface area (Å²) in [5, 5.41) is 3.26. The van der Waals surface area contributed by atoms with Crippen molar-refractivity contribution in [1.29, 1.82) is 0 Å². The fourth-order valence-corrected chi connectivity index (χ4v) is 1.63. The number of ether oxygens (including phenoxy) is 1. The SMILES string of the molecule is CCOCC(C)NC(=O)c1cc(N)cc(Cl)c1. The average molecular weight is 257 g/mol. The van der Waals surface area contributed by atoms with E-state index in [1.54, 1.807) is 18.2 Å². The Hall–Kier alpha value is -1.26. The third-order valence-electron chi connectivity index (χ3n) is 2.13. The second-order valence-corrected chi connectivity index (χ2v) is 4.24. The van der Waals surface area contributed by atoms with E-state index in [0.717, 1.165) is 0 Å². The number of benzene rings is 1. The van der Waals surface area contributed by atoms with Crippen LogP contribution in [0.1, 0.15) is 24.2 Å². The average Bonchev–Trinajstić information content (AvgIpc) is 2.25. The van der Waals surface area contributed by atoms with Gasteiger partial charge in [-0.1, -0.05) is 11.6 Å². The summed E-state index contributed by atoms with van der Waals surface area (Å²) >= 11 is 5.83. The number of amides is 1. The van der Waals surface area contributed by atoms with Gasteiger partial charge in [-0.25, -0.2) is 0 Å². The Kier molecular flexibility index (Phi) is 5.25. The minimum absolute atomic E-state index is 0.0531. The largest absolute Gasteiger partial charge is 0.399 e. The van der Waals surface area contributed by atoms with Gasteiger partial charge in [-0.05, 0) is 32.0 Å². The molecule has 1 unspecified atom stereocenters.